The normalized spacial score (nSPS) is 14.5. The van der Waals surface area contributed by atoms with E-state index in [4.69, 9.17) is 15.2 Å². The molecule has 2 N–H and O–H groups in total. The lowest BCUT2D eigenvalue weighted by Crippen LogP contribution is -2.45. The van der Waals surface area contributed by atoms with E-state index in [1.807, 2.05) is 12.1 Å². The van der Waals surface area contributed by atoms with E-state index >= 15 is 0 Å². The molecule has 4 nitrogen and oxygen atoms in total. The molecule has 0 aliphatic rings. The number of hydrogen-bond acceptors (Lipinski definition) is 4. The maximum atomic E-state index is 6.42. The van der Waals surface area contributed by atoms with Crippen LogP contribution in [0.1, 0.15) is 38.8 Å². The van der Waals surface area contributed by atoms with Gasteiger partial charge in [0.05, 0.1) is 19.8 Å². The summed E-state index contributed by atoms with van der Waals surface area (Å²) in [6.07, 6.45) is 0.937. The molecule has 0 spiro atoms. The van der Waals surface area contributed by atoms with Gasteiger partial charge in [-0.15, -0.1) is 0 Å². The summed E-state index contributed by atoms with van der Waals surface area (Å²) in [5, 5.41) is 0. The second-order valence-electron chi connectivity index (χ2n) is 5.61. The van der Waals surface area contributed by atoms with Crippen LogP contribution in [0.4, 0.5) is 0 Å². The summed E-state index contributed by atoms with van der Waals surface area (Å²) < 4.78 is 10.5. The first kappa shape index (κ1) is 18.0. The summed E-state index contributed by atoms with van der Waals surface area (Å²) in [6.45, 7) is 8.12. The SMILES string of the molecule is CCC(N)C(c1ccc(OC)cc1)N(CCOC)C(C)C. The first-order chi connectivity index (χ1) is 10.0. The van der Waals surface area contributed by atoms with Gasteiger partial charge in [-0.3, -0.25) is 4.90 Å². The van der Waals surface area contributed by atoms with Crippen LogP contribution < -0.4 is 10.5 Å². The van der Waals surface area contributed by atoms with E-state index in [2.05, 4.69) is 37.8 Å². The Bertz CT molecular complexity index is 392. The van der Waals surface area contributed by atoms with Crippen LogP contribution in [0.3, 0.4) is 0 Å². The van der Waals surface area contributed by atoms with Crippen molar-refractivity contribution >= 4 is 0 Å². The summed E-state index contributed by atoms with van der Waals surface area (Å²) in [7, 11) is 3.42. The fraction of sp³-hybridized carbons (Fsp3) is 0.647. The number of methoxy groups -OCH3 is 2. The number of nitrogens with two attached hydrogens (primary N) is 1. The van der Waals surface area contributed by atoms with Gasteiger partial charge in [0.15, 0.2) is 0 Å². The van der Waals surface area contributed by atoms with E-state index in [9.17, 15) is 0 Å². The molecule has 1 aromatic carbocycles. The zero-order chi connectivity index (χ0) is 15.8. The summed E-state index contributed by atoms with van der Waals surface area (Å²) in [5.74, 6) is 0.871. The Balaban J connectivity index is 3.06. The van der Waals surface area contributed by atoms with Gasteiger partial charge < -0.3 is 15.2 Å². The van der Waals surface area contributed by atoms with Crippen molar-refractivity contribution in [3.63, 3.8) is 0 Å². The van der Waals surface area contributed by atoms with Crippen molar-refractivity contribution < 1.29 is 9.47 Å². The predicted molar refractivity (Wildman–Crippen MR) is 87.7 cm³/mol. The predicted octanol–water partition coefficient (Wildman–Crippen LogP) is 2.83. The molecule has 0 bridgehead atoms. The topological polar surface area (TPSA) is 47.7 Å². The van der Waals surface area contributed by atoms with Crippen molar-refractivity contribution in [2.45, 2.75) is 45.3 Å². The van der Waals surface area contributed by atoms with Gasteiger partial charge in [0.2, 0.25) is 0 Å². The van der Waals surface area contributed by atoms with E-state index in [0.29, 0.717) is 12.6 Å². The Morgan fingerprint density at radius 2 is 1.76 bits per heavy atom. The molecule has 0 fully saturated rings. The van der Waals surface area contributed by atoms with Crippen LogP contribution in [0.2, 0.25) is 0 Å². The van der Waals surface area contributed by atoms with Crippen LogP contribution in [0, 0.1) is 0 Å². The summed E-state index contributed by atoms with van der Waals surface area (Å²) in [4.78, 5) is 2.42. The van der Waals surface area contributed by atoms with Crippen LogP contribution in [0.15, 0.2) is 24.3 Å². The molecule has 0 aliphatic heterocycles. The molecule has 0 radical (unpaired) electrons. The average molecular weight is 294 g/mol. The molecule has 2 unspecified atom stereocenters. The first-order valence-electron chi connectivity index (χ1n) is 7.69. The fourth-order valence-electron chi connectivity index (χ4n) is 2.62. The van der Waals surface area contributed by atoms with Crippen molar-refractivity contribution in [3.8, 4) is 5.75 Å². The van der Waals surface area contributed by atoms with Crippen LogP contribution in [-0.2, 0) is 4.74 Å². The van der Waals surface area contributed by atoms with Gasteiger partial charge in [0, 0.05) is 25.7 Å². The van der Waals surface area contributed by atoms with Gasteiger partial charge in [0.25, 0.3) is 0 Å². The van der Waals surface area contributed by atoms with Gasteiger partial charge in [0.1, 0.15) is 5.75 Å². The number of rotatable bonds is 9. The van der Waals surface area contributed by atoms with Crippen LogP contribution >= 0.6 is 0 Å². The lowest BCUT2D eigenvalue weighted by molar-refractivity contribution is 0.0831. The van der Waals surface area contributed by atoms with Crippen LogP contribution in [0.5, 0.6) is 5.75 Å². The monoisotopic (exact) mass is 294 g/mol. The lowest BCUT2D eigenvalue weighted by atomic mass is 9.95. The molecule has 4 heteroatoms. The molecular weight excluding hydrogens is 264 g/mol. The molecule has 0 amide bonds. The highest BCUT2D eigenvalue weighted by Crippen LogP contribution is 2.28. The Morgan fingerprint density at radius 1 is 1.14 bits per heavy atom. The molecule has 1 aromatic rings. The lowest BCUT2D eigenvalue weighted by Gasteiger charge is -2.38. The van der Waals surface area contributed by atoms with E-state index in [0.717, 1.165) is 18.7 Å². The second-order valence-corrected chi connectivity index (χ2v) is 5.61. The minimum Gasteiger partial charge on any atom is -0.497 e. The summed E-state index contributed by atoms with van der Waals surface area (Å²) in [6, 6.07) is 8.92. The van der Waals surface area contributed by atoms with Gasteiger partial charge in [-0.25, -0.2) is 0 Å². The fourth-order valence-corrected chi connectivity index (χ4v) is 2.62. The van der Waals surface area contributed by atoms with Crippen LogP contribution in [0.25, 0.3) is 0 Å². The summed E-state index contributed by atoms with van der Waals surface area (Å²) in [5.41, 5.74) is 7.65. The number of hydrogen-bond donors (Lipinski definition) is 1. The summed E-state index contributed by atoms with van der Waals surface area (Å²) >= 11 is 0. The van der Waals surface area contributed by atoms with E-state index in [-0.39, 0.29) is 12.1 Å². The maximum Gasteiger partial charge on any atom is 0.118 e. The highest BCUT2D eigenvalue weighted by molar-refractivity contribution is 5.30. The third kappa shape index (κ3) is 4.99. The molecule has 0 saturated heterocycles. The van der Waals surface area contributed by atoms with Crippen molar-refractivity contribution in [2.24, 2.45) is 5.73 Å². The highest BCUT2D eigenvalue weighted by atomic mass is 16.5. The van der Waals surface area contributed by atoms with Crippen molar-refractivity contribution in [1.29, 1.82) is 0 Å². The largest absolute Gasteiger partial charge is 0.497 e. The standard InChI is InChI=1S/C17H30N2O2/c1-6-16(18)17(19(13(2)3)11-12-20-4)14-7-9-15(21-5)10-8-14/h7-10,13,16-17H,6,11-12,18H2,1-5H3. The Morgan fingerprint density at radius 3 is 2.19 bits per heavy atom. The van der Waals surface area contributed by atoms with Crippen molar-refractivity contribution in [1.82, 2.24) is 4.90 Å². The quantitative estimate of drug-likeness (QED) is 0.761. The molecule has 0 aliphatic carbocycles. The molecule has 0 aromatic heterocycles. The number of benzene rings is 1. The van der Waals surface area contributed by atoms with Gasteiger partial charge >= 0.3 is 0 Å². The zero-order valence-electron chi connectivity index (χ0n) is 14.0. The maximum absolute atomic E-state index is 6.42. The minimum absolute atomic E-state index is 0.0950. The first-order valence-corrected chi connectivity index (χ1v) is 7.69. The number of nitrogens with zero attached hydrogens (tertiary/aromatic N) is 1. The zero-order valence-corrected chi connectivity index (χ0v) is 14.0. The molecule has 0 saturated carbocycles. The molecule has 0 heterocycles. The third-order valence-electron chi connectivity index (χ3n) is 3.91. The minimum atomic E-state index is 0.0950. The Kier molecular flexibility index (Phi) is 7.72. The molecule has 120 valence electrons. The van der Waals surface area contributed by atoms with Crippen molar-refractivity contribution in [3.05, 3.63) is 29.8 Å². The van der Waals surface area contributed by atoms with Gasteiger partial charge in [-0.2, -0.15) is 0 Å². The van der Waals surface area contributed by atoms with Gasteiger partial charge in [-0.1, -0.05) is 19.1 Å². The molecule has 2 atom stereocenters. The average Bonchev–Trinajstić information content (AvgIpc) is 2.50. The highest BCUT2D eigenvalue weighted by Gasteiger charge is 2.27. The third-order valence-corrected chi connectivity index (χ3v) is 3.91. The van der Waals surface area contributed by atoms with E-state index in [1.54, 1.807) is 14.2 Å². The smallest absolute Gasteiger partial charge is 0.118 e. The molecular formula is C17H30N2O2. The number of ether oxygens (including phenoxy) is 2. The van der Waals surface area contributed by atoms with E-state index in [1.165, 1.54) is 5.56 Å². The Hall–Kier alpha value is -1.10. The van der Waals surface area contributed by atoms with Gasteiger partial charge in [-0.05, 0) is 38.0 Å². The molecule has 1 rings (SSSR count). The van der Waals surface area contributed by atoms with Crippen molar-refractivity contribution in [2.75, 3.05) is 27.4 Å². The van der Waals surface area contributed by atoms with Crippen LogP contribution in [-0.4, -0.2) is 44.4 Å². The second kappa shape index (κ2) is 9.03. The Labute approximate surface area is 129 Å². The van der Waals surface area contributed by atoms with E-state index < -0.39 is 0 Å². The molecule has 21 heavy (non-hydrogen) atoms.